The zero-order chi connectivity index (χ0) is 14.4. The number of hydrogen-bond donors (Lipinski definition) is 3. The van der Waals surface area contributed by atoms with Crippen LogP contribution in [0.5, 0.6) is 0 Å². The van der Waals surface area contributed by atoms with E-state index in [4.69, 9.17) is 5.11 Å². The van der Waals surface area contributed by atoms with Crippen LogP contribution in [0.25, 0.3) is 0 Å². The number of para-hydroxylation sites is 1. The standard InChI is InChI=1S/C13H13N3O3S/c17-12(18)5-9-3-1-2-4-11(9)16-13(19)14-6-10-7-20-8-15-10/h1-4,7-8H,5-6H2,(H,17,18)(H2,14,16,19). The van der Waals surface area contributed by atoms with E-state index in [1.807, 2.05) is 5.38 Å². The van der Waals surface area contributed by atoms with Gasteiger partial charge in [0, 0.05) is 11.1 Å². The van der Waals surface area contributed by atoms with Gasteiger partial charge in [0.15, 0.2) is 0 Å². The van der Waals surface area contributed by atoms with Crippen molar-refractivity contribution >= 4 is 29.0 Å². The van der Waals surface area contributed by atoms with E-state index in [1.54, 1.807) is 29.8 Å². The minimum atomic E-state index is -0.942. The number of nitrogens with zero attached hydrogens (tertiary/aromatic N) is 1. The van der Waals surface area contributed by atoms with Crippen molar-refractivity contribution in [1.82, 2.24) is 10.3 Å². The third-order valence-corrected chi connectivity index (χ3v) is 3.16. The van der Waals surface area contributed by atoms with Crippen LogP contribution in [-0.4, -0.2) is 22.1 Å². The highest BCUT2D eigenvalue weighted by Gasteiger charge is 2.09. The van der Waals surface area contributed by atoms with E-state index in [2.05, 4.69) is 15.6 Å². The molecule has 2 aromatic rings. The van der Waals surface area contributed by atoms with Gasteiger partial charge in [-0.1, -0.05) is 18.2 Å². The number of thiazole rings is 1. The number of carboxylic acids is 1. The zero-order valence-corrected chi connectivity index (χ0v) is 11.3. The van der Waals surface area contributed by atoms with Crippen LogP contribution in [0.4, 0.5) is 10.5 Å². The van der Waals surface area contributed by atoms with Crippen molar-refractivity contribution in [3.05, 3.63) is 46.4 Å². The molecule has 6 nitrogen and oxygen atoms in total. The maximum absolute atomic E-state index is 11.8. The van der Waals surface area contributed by atoms with E-state index in [-0.39, 0.29) is 6.42 Å². The number of anilines is 1. The SMILES string of the molecule is O=C(O)Cc1ccccc1NC(=O)NCc1cscn1. The van der Waals surface area contributed by atoms with E-state index in [0.29, 0.717) is 17.8 Å². The number of aliphatic carboxylic acids is 1. The van der Waals surface area contributed by atoms with Crippen molar-refractivity contribution in [2.45, 2.75) is 13.0 Å². The van der Waals surface area contributed by atoms with E-state index in [1.165, 1.54) is 11.3 Å². The molecule has 1 aromatic heterocycles. The average molecular weight is 291 g/mol. The molecule has 0 bridgehead atoms. The second kappa shape index (κ2) is 6.67. The lowest BCUT2D eigenvalue weighted by molar-refractivity contribution is -0.136. The smallest absolute Gasteiger partial charge is 0.319 e. The Bertz CT molecular complexity index is 599. The molecular weight excluding hydrogens is 278 g/mol. The molecule has 0 aliphatic rings. The number of carbonyl (C=O) groups excluding carboxylic acids is 1. The number of benzene rings is 1. The predicted molar refractivity (Wildman–Crippen MR) is 75.8 cm³/mol. The van der Waals surface area contributed by atoms with Crippen LogP contribution < -0.4 is 10.6 Å². The summed E-state index contributed by atoms with van der Waals surface area (Å²) in [6.45, 7) is 0.330. The van der Waals surface area contributed by atoms with E-state index in [9.17, 15) is 9.59 Å². The topological polar surface area (TPSA) is 91.3 Å². The molecular formula is C13H13N3O3S. The lowest BCUT2D eigenvalue weighted by atomic mass is 10.1. The molecule has 0 atom stereocenters. The molecule has 0 unspecified atom stereocenters. The van der Waals surface area contributed by atoms with Crippen LogP contribution in [0.1, 0.15) is 11.3 Å². The van der Waals surface area contributed by atoms with Crippen molar-refractivity contribution in [2.24, 2.45) is 0 Å². The predicted octanol–water partition coefficient (Wildman–Crippen LogP) is 2.09. The van der Waals surface area contributed by atoms with Crippen molar-refractivity contribution in [3.8, 4) is 0 Å². The monoisotopic (exact) mass is 291 g/mol. The third kappa shape index (κ3) is 4.06. The van der Waals surface area contributed by atoms with Gasteiger partial charge >= 0.3 is 12.0 Å². The number of hydrogen-bond acceptors (Lipinski definition) is 4. The van der Waals surface area contributed by atoms with Gasteiger partial charge in [-0.2, -0.15) is 0 Å². The highest BCUT2D eigenvalue weighted by Crippen LogP contribution is 2.15. The second-order valence-corrected chi connectivity index (χ2v) is 4.73. The maximum Gasteiger partial charge on any atom is 0.319 e. The largest absolute Gasteiger partial charge is 0.481 e. The Morgan fingerprint density at radius 2 is 2.10 bits per heavy atom. The second-order valence-electron chi connectivity index (χ2n) is 4.02. The molecule has 7 heteroatoms. The van der Waals surface area contributed by atoms with Gasteiger partial charge in [-0.15, -0.1) is 11.3 Å². The van der Waals surface area contributed by atoms with Crippen LogP contribution in [0.2, 0.25) is 0 Å². The summed E-state index contributed by atoms with van der Waals surface area (Å²) in [6, 6.07) is 6.42. The van der Waals surface area contributed by atoms with Gasteiger partial charge in [0.25, 0.3) is 0 Å². The summed E-state index contributed by atoms with van der Waals surface area (Å²) in [4.78, 5) is 26.6. The van der Waals surface area contributed by atoms with Crippen molar-refractivity contribution in [2.75, 3.05) is 5.32 Å². The molecule has 0 radical (unpaired) electrons. The highest BCUT2D eigenvalue weighted by atomic mass is 32.1. The lowest BCUT2D eigenvalue weighted by Gasteiger charge is -2.10. The lowest BCUT2D eigenvalue weighted by Crippen LogP contribution is -2.28. The number of carboxylic acid groups (broad SMARTS) is 1. The van der Waals surface area contributed by atoms with Gasteiger partial charge in [0.05, 0.1) is 24.2 Å². The molecule has 0 fully saturated rings. The fourth-order valence-corrected chi connectivity index (χ4v) is 2.18. The van der Waals surface area contributed by atoms with Crippen molar-refractivity contribution in [3.63, 3.8) is 0 Å². The summed E-state index contributed by atoms with van der Waals surface area (Å²) in [7, 11) is 0. The summed E-state index contributed by atoms with van der Waals surface area (Å²) in [5.74, 6) is -0.942. The third-order valence-electron chi connectivity index (χ3n) is 2.52. The summed E-state index contributed by atoms with van der Waals surface area (Å²) >= 11 is 1.46. The molecule has 0 aliphatic heterocycles. The van der Waals surface area contributed by atoms with Crippen LogP contribution >= 0.6 is 11.3 Å². The minimum Gasteiger partial charge on any atom is -0.481 e. The number of nitrogens with one attached hydrogen (secondary N) is 2. The van der Waals surface area contributed by atoms with Crippen molar-refractivity contribution in [1.29, 1.82) is 0 Å². The van der Waals surface area contributed by atoms with Crippen LogP contribution in [0.15, 0.2) is 35.2 Å². The Balaban J connectivity index is 1.95. The first-order valence-electron chi connectivity index (χ1n) is 5.87. The van der Waals surface area contributed by atoms with E-state index >= 15 is 0 Å². The molecule has 104 valence electrons. The summed E-state index contributed by atoms with van der Waals surface area (Å²) in [5.41, 5.74) is 3.52. The highest BCUT2D eigenvalue weighted by molar-refractivity contribution is 7.07. The van der Waals surface area contributed by atoms with Gasteiger partial charge in [0.1, 0.15) is 0 Å². The molecule has 20 heavy (non-hydrogen) atoms. The Morgan fingerprint density at radius 3 is 2.80 bits per heavy atom. The molecule has 2 rings (SSSR count). The summed E-state index contributed by atoms with van der Waals surface area (Å²) in [6.07, 6.45) is -0.136. The molecule has 0 aliphatic carbocycles. The first kappa shape index (κ1) is 14.0. The Labute approximate surface area is 119 Å². The van der Waals surface area contributed by atoms with Crippen LogP contribution in [-0.2, 0) is 17.8 Å². The Hall–Kier alpha value is -2.41. The minimum absolute atomic E-state index is 0.136. The Morgan fingerprint density at radius 1 is 1.30 bits per heavy atom. The number of aromatic nitrogens is 1. The van der Waals surface area contributed by atoms with Crippen molar-refractivity contribution < 1.29 is 14.7 Å². The Kier molecular flexibility index (Phi) is 4.67. The van der Waals surface area contributed by atoms with E-state index in [0.717, 1.165) is 5.69 Å². The number of amides is 2. The van der Waals surface area contributed by atoms with Gasteiger partial charge in [-0.25, -0.2) is 9.78 Å². The molecule has 1 aromatic carbocycles. The van der Waals surface area contributed by atoms with Gasteiger partial charge in [0.2, 0.25) is 0 Å². The summed E-state index contributed by atoms with van der Waals surface area (Å²) < 4.78 is 0. The van der Waals surface area contributed by atoms with E-state index < -0.39 is 12.0 Å². The quantitative estimate of drug-likeness (QED) is 0.786. The first-order valence-corrected chi connectivity index (χ1v) is 6.81. The molecule has 0 spiro atoms. The molecule has 3 N–H and O–H groups in total. The normalized spacial score (nSPS) is 10.0. The fourth-order valence-electron chi connectivity index (χ4n) is 1.62. The van der Waals surface area contributed by atoms with Gasteiger partial charge in [-0.3, -0.25) is 4.79 Å². The maximum atomic E-state index is 11.8. The number of rotatable bonds is 5. The van der Waals surface area contributed by atoms with Crippen LogP contribution in [0, 0.1) is 0 Å². The fraction of sp³-hybridized carbons (Fsp3) is 0.154. The molecule has 0 saturated carbocycles. The number of urea groups is 1. The van der Waals surface area contributed by atoms with Gasteiger partial charge < -0.3 is 15.7 Å². The molecule has 2 amide bonds. The van der Waals surface area contributed by atoms with Crippen LogP contribution in [0.3, 0.4) is 0 Å². The average Bonchev–Trinajstić information content (AvgIpc) is 2.91. The first-order chi connectivity index (χ1) is 9.65. The van der Waals surface area contributed by atoms with Gasteiger partial charge in [-0.05, 0) is 11.6 Å². The zero-order valence-electron chi connectivity index (χ0n) is 10.5. The molecule has 0 saturated heterocycles. The molecule has 1 heterocycles. The summed E-state index contributed by atoms with van der Waals surface area (Å²) in [5, 5.41) is 16.0. The number of carbonyl (C=O) groups is 2.